The van der Waals surface area contributed by atoms with Gasteiger partial charge in [-0.05, 0) is 31.5 Å². The first kappa shape index (κ1) is 15.4. The van der Waals surface area contributed by atoms with Gasteiger partial charge in [-0.15, -0.1) is 0 Å². The monoisotopic (exact) mass is 328 g/mol. The molecule has 3 rings (SSSR count). The smallest absolute Gasteiger partial charge is 0.242 e. The van der Waals surface area contributed by atoms with E-state index in [1.165, 1.54) is 0 Å². The van der Waals surface area contributed by atoms with Crippen LogP contribution >= 0.6 is 0 Å². The molecule has 0 aliphatic rings. The van der Waals surface area contributed by atoms with E-state index in [4.69, 9.17) is 4.52 Å². The lowest BCUT2D eigenvalue weighted by atomic mass is 10.1. The molecule has 118 valence electrons. The van der Waals surface area contributed by atoms with Gasteiger partial charge in [0.25, 0.3) is 0 Å². The molecule has 1 aromatic heterocycles. The van der Waals surface area contributed by atoms with Crippen molar-refractivity contribution in [2.45, 2.75) is 24.5 Å². The largest absolute Gasteiger partial charge is 0.338 e. The van der Waals surface area contributed by atoms with Gasteiger partial charge in [-0.25, -0.2) is 8.42 Å². The van der Waals surface area contributed by atoms with Gasteiger partial charge in [-0.3, -0.25) is 0 Å². The fourth-order valence-corrected chi connectivity index (χ4v) is 3.45. The molecule has 5 nitrogen and oxygen atoms in total. The van der Waals surface area contributed by atoms with Crippen LogP contribution in [0.25, 0.3) is 11.4 Å². The van der Waals surface area contributed by atoms with Gasteiger partial charge < -0.3 is 4.52 Å². The molecule has 0 bridgehead atoms. The maximum Gasteiger partial charge on any atom is 0.242 e. The van der Waals surface area contributed by atoms with Crippen LogP contribution in [0.3, 0.4) is 0 Å². The summed E-state index contributed by atoms with van der Waals surface area (Å²) in [5, 5.41) is 3.86. The van der Waals surface area contributed by atoms with E-state index < -0.39 is 9.84 Å². The molecule has 1 heterocycles. The van der Waals surface area contributed by atoms with Crippen LogP contribution in [0.2, 0.25) is 0 Å². The minimum atomic E-state index is -3.51. The second-order valence-corrected chi connectivity index (χ2v) is 7.44. The van der Waals surface area contributed by atoms with Crippen molar-refractivity contribution in [3.8, 4) is 11.4 Å². The highest BCUT2D eigenvalue weighted by atomic mass is 32.2. The first-order valence-corrected chi connectivity index (χ1v) is 8.78. The summed E-state index contributed by atoms with van der Waals surface area (Å²) in [6, 6.07) is 14.4. The SMILES string of the molecule is Cc1ccc(-c2noc(CS(=O)(=O)c3cccc(C)c3)n2)cc1. The lowest BCUT2D eigenvalue weighted by Crippen LogP contribution is -2.05. The van der Waals surface area contributed by atoms with Gasteiger partial charge in [-0.2, -0.15) is 4.98 Å². The summed E-state index contributed by atoms with van der Waals surface area (Å²) in [6.07, 6.45) is 0. The maximum absolute atomic E-state index is 12.4. The highest BCUT2D eigenvalue weighted by molar-refractivity contribution is 7.90. The molecule has 0 saturated heterocycles. The van der Waals surface area contributed by atoms with E-state index in [-0.39, 0.29) is 16.5 Å². The minimum Gasteiger partial charge on any atom is -0.338 e. The highest BCUT2D eigenvalue weighted by Crippen LogP contribution is 2.20. The molecule has 0 fully saturated rings. The third-order valence-electron chi connectivity index (χ3n) is 3.44. The molecule has 6 heteroatoms. The zero-order valence-electron chi connectivity index (χ0n) is 12.9. The van der Waals surface area contributed by atoms with E-state index in [0.717, 1.165) is 16.7 Å². The lowest BCUT2D eigenvalue weighted by Gasteiger charge is -2.02. The number of hydrogen-bond donors (Lipinski definition) is 0. The van der Waals surface area contributed by atoms with Crippen LogP contribution in [0, 0.1) is 13.8 Å². The fourth-order valence-electron chi connectivity index (χ4n) is 2.19. The van der Waals surface area contributed by atoms with Crippen LogP contribution in [0.4, 0.5) is 0 Å². The van der Waals surface area contributed by atoms with Crippen LogP contribution in [0.1, 0.15) is 17.0 Å². The number of aromatic nitrogens is 2. The van der Waals surface area contributed by atoms with Crippen molar-refractivity contribution in [1.82, 2.24) is 10.1 Å². The third-order valence-corrected chi connectivity index (χ3v) is 5.04. The quantitative estimate of drug-likeness (QED) is 0.734. The predicted molar refractivity (Wildman–Crippen MR) is 86.5 cm³/mol. The van der Waals surface area contributed by atoms with E-state index in [1.807, 2.05) is 44.2 Å². The number of nitrogens with zero attached hydrogens (tertiary/aromatic N) is 2. The van der Waals surface area contributed by atoms with Gasteiger partial charge in [0, 0.05) is 5.56 Å². The first-order chi connectivity index (χ1) is 10.9. The van der Waals surface area contributed by atoms with Crippen molar-refractivity contribution in [2.75, 3.05) is 0 Å². The van der Waals surface area contributed by atoms with Crippen LogP contribution < -0.4 is 0 Å². The lowest BCUT2D eigenvalue weighted by molar-refractivity contribution is 0.389. The predicted octanol–water partition coefficient (Wildman–Crippen LogP) is 3.33. The standard InChI is InChI=1S/C17H16N2O3S/c1-12-6-8-14(9-7-12)17-18-16(22-19-17)11-23(20,21)15-5-3-4-13(2)10-15/h3-10H,11H2,1-2H3. The van der Waals surface area contributed by atoms with Crippen LogP contribution in [0.5, 0.6) is 0 Å². The maximum atomic E-state index is 12.4. The summed E-state index contributed by atoms with van der Waals surface area (Å²) in [5.41, 5.74) is 2.80. The van der Waals surface area contributed by atoms with Crippen molar-refractivity contribution < 1.29 is 12.9 Å². The number of hydrogen-bond acceptors (Lipinski definition) is 5. The van der Waals surface area contributed by atoms with Crippen molar-refractivity contribution in [3.05, 3.63) is 65.5 Å². The summed E-state index contributed by atoms with van der Waals surface area (Å²) >= 11 is 0. The van der Waals surface area contributed by atoms with Crippen LogP contribution in [0.15, 0.2) is 57.9 Å². The molecule has 0 radical (unpaired) electrons. The average Bonchev–Trinajstić information content (AvgIpc) is 2.96. The minimum absolute atomic E-state index is 0.0853. The number of aryl methyl sites for hydroxylation is 2. The van der Waals surface area contributed by atoms with Crippen LogP contribution in [-0.4, -0.2) is 18.6 Å². The molecule has 0 atom stereocenters. The summed E-state index contributed by atoms with van der Waals surface area (Å²) in [7, 11) is -3.51. The second kappa shape index (κ2) is 5.96. The fraction of sp³-hybridized carbons (Fsp3) is 0.176. The van der Waals surface area contributed by atoms with E-state index >= 15 is 0 Å². The van der Waals surface area contributed by atoms with Crippen molar-refractivity contribution in [2.24, 2.45) is 0 Å². The number of rotatable bonds is 4. The molecule has 0 saturated carbocycles. The molecular weight excluding hydrogens is 312 g/mol. The molecule has 2 aromatic carbocycles. The molecule has 0 unspecified atom stereocenters. The van der Waals surface area contributed by atoms with Gasteiger partial charge in [0.15, 0.2) is 9.84 Å². The van der Waals surface area contributed by atoms with Gasteiger partial charge in [0.1, 0.15) is 5.75 Å². The van der Waals surface area contributed by atoms with E-state index in [9.17, 15) is 8.42 Å². The Bertz CT molecular complexity index is 928. The topological polar surface area (TPSA) is 73.1 Å². The van der Waals surface area contributed by atoms with Crippen molar-refractivity contribution in [3.63, 3.8) is 0 Å². The Balaban J connectivity index is 1.85. The Morgan fingerprint density at radius 3 is 2.43 bits per heavy atom. The summed E-state index contributed by atoms with van der Waals surface area (Å²) in [5.74, 6) is 0.163. The Morgan fingerprint density at radius 1 is 1.00 bits per heavy atom. The number of sulfone groups is 1. The second-order valence-electron chi connectivity index (χ2n) is 5.45. The Labute approximate surface area is 134 Å². The Kier molecular flexibility index (Phi) is 4.00. The summed E-state index contributed by atoms with van der Waals surface area (Å²) < 4.78 is 29.9. The Morgan fingerprint density at radius 2 is 1.74 bits per heavy atom. The summed E-state index contributed by atoms with van der Waals surface area (Å²) in [4.78, 5) is 4.44. The average molecular weight is 328 g/mol. The first-order valence-electron chi connectivity index (χ1n) is 7.13. The molecule has 23 heavy (non-hydrogen) atoms. The summed E-state index contributed by atoms with van der Waals surface area (Å²) in [6.45, 7) is 3.83. The van der Waals surface area contributed by atoms with Gasteiger partial charge in [0.2, 0.25) is 11.7 Å². The molecule has 3 aromatic rings. The normalized spacial score (nSPS) is 11.6. The van der Waals surface area contributed by atoms with Gasteiger partial charge in [0.05, 0.1) is 4.90 Å². The molecule has 0 spiro atoms. The molecular formula is C17H16N2O3S. The molecule has 0 amide bonds. The number of benzene rings is 2. The van der Waals surface area contributed by atoms with Gasteiger partial charge in [-0.1, -0.05) is 47.1 Å². The van der Waals surface area contributed by atoms with E-state index in [1.54, 1.807) is 18.2 Å². The molecule has 0 aliphatic heterocycles. The van der Waals surface area contributed by atoms with Crippen LogP contribution in [-0.2, 0) is 15.6 Å². The highest BCUT2D eigenvalue weighted by Gasteiger charge is 2.20. The van der Waals surface area contributed by atoms with E-state index in [0.29, 0.717) is 5.82 Å². The third kappa shape index (κ3) is 3.48. The zero-order chi connectivity index (χ0) is 16.4. The Hall–Kier alpha value is -2.47. The zero-order valence-corrected chi connectivity index (χ0v) is 13.7. The molecule has 0 aliphatic carbocycles. The van der Waals surface area contributed by atoms with Crippen molar-refractivity contribution >= 4 is 9.84 Å². The van der Waals surface area contributed by atoms with Crippen molar-refractivity contribution in [1.29, 1.82) is 0 Å². The van der Waals surface area contributed by atoms with Gasteiger partial charge >= 0.3 is 0 Å². The van der Waals surface area contributed by atoms with E-state index in [2.05, 4.69) is 10.1 Å². The molecule has 0 N–H and O–H groups in total.